The topological polar surface area (TPSA) is 18.5 Å². The van der Waals surface area contributed by atoms with Gasteiger partial charge in [0.25, 0.3) is 0 Å². The predicted molar refractivity (Wildman–Crippen MR) is 93.7 cm³/mol. The van der Waals surface area contributed by atoms with Crippen LogP contribution in [0.25, 0.3) is 0 Å². The molecule has 0 aromatic rings. The highest BCUT2D eigenvalue weighted by Crippen LogP contribution is 2.27. The number of unbranched alkanes of at least 4 members (excludes halogenated alkanes) is 1. The Kier molecular flexibility index (Phi) is 10.1. The van der Waals surface area contributed by atoms with E-state index < -0.39 is 9.28 Å². The van der Waals surface area contributed by atoms with Crippen molar-refractivity contribution in [1.82, 2.24) is 0 Å². The van der Waals surface area contributed by atoms with Crippen LogP contribution in [0, 0.1) is 11.8 Å². The molecule has 0 amide bonds. The van der Waals surface area contributed by atoms with Crippen LogP contribution in [-0.4, -0.2) is 15.9 Å². The van der Waals surface area contributed by atoms with E-state index >= 15 is 0 Å². The van der Waals surface area contributed by atoms with E-state index in [4.69, 9.17) is 8.85 Å². The Morgan fingerprint density at radius 3 is 2.52 bits per heavy atom. The molecule has 124 valence electrons. The summed E-state index contributed by atoms with van der Waals surface area (Å²) < 4.78 is 12.2. The molecule has 1 fully saturated rings. The molecular weight excluding hydrogens is 276 g/mol. The summed E-state index contributed by atoms with van der Waals surface area (Å²) in [5, 5.41) is 0. The Labute approximate surface area is 134 Å². The Hall–Kier alpha value is -0.283. The number of hydrogen-bond donors (Lipinski definition) is 0. The lowest BCUT2D eigenvalue weighted by Crippen LogP contribution is -2.25. The van der Waals surface area contributed by atoms with E-state index in [-0.39, 0.29) is 0 Å². The highest BCUT2D eigenvalue weighted by molar-refractivity contribution is 6.44. The van der Waals surface area contributed by atoms with Crippen LogP contribution in [0.2, 0.25) is 6.04 Å². The second-order valence-corrected chi connectivity index (χ2v) is 8.38. The fraction of sp³-hybridized carbons (Fsp3) is 0.889. The maximum absolute atomic E-state index is 6.24. The van der Waals surface area contributed by atoms with Crippen molar-refractivity contribution in [3.63, 3.8) is 0 Å². The number of hydrogen-bond acceptors (Lipinski definition) is 2. The molecule has 2 atom stereocenters. The van der Waals surface area contributed by atoms with E-state index in [1.54, 1.807) is 0 Å². The van der Waals surface area contributed by atoms with E-state index in [9.17, 15) is 0 Å². The first-order valence-electron chi connectivity index (χ1n) is 9.16. The zero-order valence-corrected chi connectivity index (χ0v) is 15.9. The van der Waals surface area contributed by atoms with Gasteiger partial charge in [-0.1, -0.05) is 52.4 Å². The normalized spacial score (nSPS) is 19.7. The molecule has 1 aliphatic rings. The smallest absolute Gasteiger partial charge is 0.382 e. The molecule has 0 aromatic carbocycles. The molecule has 0 N–H and O–H groups in total. The molecule has 0 saturated heterocycles. The molecule has 3 heteroatoms. The van der Waals surface area contributed by atoms with Crippen LogP contribution in [0.15, 0.2) is 11.8 Å². The van der Waals surface area contributed by atoms with Crippen molar-refractivity contribution in [2.45, 2.75) is 85.1 Å². The van der Waals surface area contributed by atoms with Gasteiger partial charge in [0.15, 0.2) is 0 Å². The zero-order chi connectivity index (χ0) is 15.5. The SMILES string of the molecule is CCCCC(CC)C[SiH](OCC)OC(C)=CC1CCCC1. The Morgan fingerprint density at radius 2 is 1.95 bits per heavy atom. The summed E-state index contributed by atoms with van der Waals surface area (Å²) in [6.07, 6.45) is 13.0. The molecule has 0 spiro atoms. The number of rotatable bonds is 11. The Bertz CT molecular complexity index is 285. The first kappa shape index (κ1) is 18.8. The summed E-state index contributed by atoms with van der Waals surface area (Å²) in [5.41, 5.74) is 0. The van der Waals surface area contributed by atoms with Crippen LogP contribution in [0.1, 0.15) is 79.1 Å². The summed E-state index contributed by atoms with van der Waals surface area (Å²) in [5.74, 6) is 2.66. The molecule has 2 nitrogen and oxygen atoms in total. The van der Waals surface area contributed by atoms with Gasteiger partial charge in [-0.2, -0.15) is 0 Å². The first-order valence-corrected chi connectivity index (χ1v) is 10.9. The van der Waals surface area contributed by atoms with Crippen molar-refractivity contribution in [3.05, 3.63) is 11.8 Å². The molecule has 0 bridgehead atoms. The molecule has 2 unspecified atom stereocenters. The molecule has 0 aliphatic heterocycles. The molecular formula is C18H36O2Si. The molecule has 0 aromatic heterocycles. The van der Waals surface area contributed by atoms with Crippen molar-refractivity contribution >= 4 is 9.28 Å². The Morgan fingerprint density at radius 1 is 1.24 bits per heavy atom. The lowest BCUT2D eigenvalue weighted by atomic mass is 10.0. The lowest BCUT2D eigenvalue weighted by molar-refractivity contribution is 0.237. The highest BCUT2D eigenvalue weighted by atomic mass is 28.3. The predicted octanol–water partition coefficient (Wildman–Crippen LogP) is 5.57. The van der Waals surface area contributed by atoms with E-state index in [1.165, 1.54) is 57.4 Å². The van der Waals surface area contributed by atoms with Crippen molar-refractivity contribution < 1.29 is 8.85 Å². The third kappa shape index (κ3) is 8.06. The average molecular weight is 313 g/mol. The standard InChI is InChI=1S/C18H36O2Si/c1-5-8-11-17(6-2)15-21(19-7-3)20-16(4)14-18-12-9-10-13-18/h14,17-18,21H,5-13,15H2,1-4H3. The van der Waals surface area contributed by atoms with Crippen molar-refractivity contribution in [2.24, 2.45) is 11.8 Å². The first-order chi connectivity index (χ1) is 10.2. The summed E-state index contributed by atoms with van der Waals surface area (Å²) in [6.45, 7) is 9.59. The second-order valence-electron chi connectivity index (χ2n) is 6.48. The van der Waals surface area contributed by atoms with Crippen molar-refractivity contribution in [2.75, 3.05) is 6.61 Å². The molecule has 0 heterocycles. The van der Waals surface area contributed by atoms with Gasteiger partial charge in [-0.25, -0.2) is 0 Å². The summed E-state index contributed by atoms with van der Waals surface area (Å²) >= 11 is 0. The summed E-state index contributed by atoms with van der Waals surface area (Å²) in [7, 11) is -1.54. The molecule has 1 saturated carbocycles. The van der Waals surface area contributed by atoms with Crippen LogP contribution in [0.3, 0.4) is 0 Å². The molecule has 1 aliphatic carbocycles. The van der Waals surface area contributed by atoms with E-state index in [0.29, 0.717) is 0 Å². The fourth-order valence-corrected chi connectivity index (χ4v) is 5.57. The van der Waals surface area contributed by atoms with E-state index in [1.807, 2.05) is 0 Å². The monoisotopic (exact) mass is 312 g/mol. The minimum atomic E-state index is -1.54. The molecule has 0 radical (unpaired) electrons. The van der Waals surface area contributed by atoms with Crippen LogP contribution < -0.4 is 0 Å². The third-order valence-corrected chi connectivity index (χ3v) is 7.00. The van der Waals surface area contributed by atoms with Crippen LogP contribution in [-0.2, 0) is 8.85 Å². The maximum atomic E-state index is 6.24. The zero-order valence-electron chi connectivity index (χ0n) is 14.7. The van der Waals surface area contributed by atoms with Crippen molar-refractivity contribution in [3.8, 4) is 0 Å². The van der Waals surface area contributed by atoms with Gasteiger partial charge in [0.1, 0.15) is 0 Å². The maximum Gasteiger partial charge on any atom is 0.382 e. The van der Waals surface area contributed by atoms with E-state index in [2.05, 4.69) is 33.8 Å². The van der Waals surface area contributed by atoms with Gasteiger partial charge in [0.2, 0.25) is 0 Å². The highest BCUT2D eigenvalue weighted by Gasteiger charge is 2.21. The van der Waals surface area contributed by atoms with Crippen molar-refractivity contribution in [1.29, 1.82) is 0 Å². The minimum Gasteiger partial charge on any atom is -0.526 e. The van der Waals surface area contributed by atoms with Gasteiger partial charge >= 0.3 is 9.28 Å². The summed E-state index contributed by atoms with van der Waals surface area (Å²) in [4.78, 5) is 0. The van der Waals surface area contributed by atoms with Crippen LogP contribution >= 0.6 is 0 Å². The lowest BCUT2D eigenvalue weighted by Gasteiger charge is -2.22. The van der Waals surface area contributed by atoms with Gasteiger partial charge in [-0.05, 0) is 44.6 Å². The van der Waals surface area contributed by atoms with Gasteiger partial charge < -0.3 is 8.85 Å². The summed E-state index contributed by atoms with van der Waals surface area (Å²) in [6, 6.07) is 1.17. The second kappa shape index (κ2) is 11.3. The molecule has 1 rings (SSSR count). The fourth-order valence-electron chi connectivity index (χ4n) is 3.29. The van der Waals surface area contributed by atoms with Gasteiger partial charge in [0.05, 0.1) is 5.76 Å². The minimum absolute atomic E-state index is 0.753. The average Bonchev–Trinajstić information content (AvgIpc) is 2.96. The van der Waals surface area contributed by atoms with Gasteiger partial charge in [-0.15, -0.1) is 0 Å². The van der Waals surface area contributed by atoms with Gasteiger partial charge in [0, 0.05) is 12.7 Å². The van der Waals surface area contributed by atoms with Crippen LogP contribution in [0.5, 0.6) is 0 Å². The Balaban J connectivity index is 2.46. The van der Waals surface area contributed by atoms with Crippen LogP contribution in [0.4, 0.5) is 0 Å². The quantitative estimate of drug-likeness (QED) is 0.367. The largest absolute Gasteiger partial charge is 0.526 e. The van der Waals surface area contributed by atoms with E-state index in [0.717, 1.165) is 24.2 Å². The number of allylic oxidation sites excluding steroid dienone is 2. The third-order valence-electron chi connectivity index (χ3n) is 4.61. The van der Waals surface area contributed by atoms with Gasteiger partial charge in [-0.3, -0.25) is 0 Å². The molecule has 21 heavy (non-hydrogen) atoms.